The molecule has 18 heavy (non-hydrogen) atoms. The second-order valence-corrected chi connectivity index (χ2v) is 5.58. The lowest BCUT2D eigenvalue weighted by molar-refractivity contribution is -0.142. The SMILES string of the molecule is C[C@@H](CN(C)C(=O)CC1CCCCCC1)C(=O)O. The Bertz CT molecular complexity index is 283. The van der Waals surface area contributed by atoms with Gasteiger partial charge in [-0.3, -0.25) is 9.59 Å². The highest BCUT2D eigenvalue weighted by molar-refractivity contribution is 5.77. The number of rotatable bonds is 5. The number of hydrogen-bond donors (Lipinski definition) is 1. The Morgan fingerprint density at radius 3 is 2.28 bits per heavy atom. The van der Waals surface area contributed by atoms with E-state index in [9.17, 15) is 9.59 Å². The summed E-state index contributed by atoms with van der Waals surface area (Å²) in [6, 6.07) is 0. The van der Waals surface area contributed by atoms with E-state index in [1.807, 2.05) is 0 Å². The van der Waals surface area contributed by atoms with Crippen molar-refractivity contribution in [1.29, 1.82) is 0 Å². The molecular weight excluding hydrogens is 230 g/mol. The van der Waals surface area contributed by atoms with Crippen LogP contribution in [0.4, 0.5) is 0 Å². The number of carbonyl (C=O) groups is 2. The second-order valence-electron chi connectivity index (χ2n) is 5.58. The van der Waals surface area contributed by atoms with E-state index < -0.39 is 11.9 Å². The molecule has 4 nitrogen and oxygen atoms in total. The zero-order valence-electron chi connectivity index (χ0n) is 11.5. The normalized spacial score (nSPS) is 19.0. The molecule has 0 aromatic heterocycles. The van der Waals surface area contributed by atoms with Gasteiger partial charge in [-0.15, -0.1) is 0 Å². The van der Waals surface area contributed by atoms with Gasteiger partial charge >= 0.3 is 5.97 Å². The third-order valence-electron chi connectivity index (χ3n) is 3.83. The first-order valence-electron chi connectivity index (χ1n) is 6.97. The number of amides is 1. The van der Waals surface area contributed by atoms with Crippen LogP contribution in [0.15, 0.2) is 0 Å². The summed E-state index contributed by atoms with van der Waals surface area (Å²) < 4.78 is 0. The summed E-state index contributed by atoms with van der Waals surface area (Å²) in [5, 5.41) is 8.83. The lowest BCUT2D eigenvalue weighted by atomic mass is 9.96. The van der Waals surface area contributed by atoms with Crippen molar-refractivity contribution in [3.8, 4) is 0 Å². The van der Waals surface area contributed by atoms with E-state index in [1.54, 1.807) is 18.9 Å². The third-order valence-corrected chi connectivity index (χ3v) is 3.83. The van der Waals surface area contributed by atoms with E-state index in [1.165, 1.54) is 25.7 Å². The molecule has 0 heterocycles. The Kier molecular flexibility index (Phi) is 6.16. The summed E-state index contributed by atoms with van der Waals surface area (Å²) >= 11 is 0. The van der Waals surface area contributed by atoms with Crippen LogP contribution in [0.1, 0.15) is 51.9 Å². The Balaban J connectivity index is 2.36. The topological polar surface area (TPSA) is 57.6 Å². The minimum absolute atomic E-state index is 0.0926. The fourth-order valence-corrected chi connectivity index (χ4v) is 2.56. The van der Waals surface area contributed by atoms with Gasteiger partial charge in [0, 0.05) is 20.0 Å². The van der Waals surface area contributed by atoms with Crippen LogP contribution in [0, 0.1) is 11.8 Å². The monoisotopic (exact) mass is 255 g/mol. The highest BCUT2D eigenvalue weighted by atomic mass is 16.4. The van der Waals surface area contributed by atoms with Crippen LogP contribution in [0.3, 0.4) is 0 Å². The van der Waals surface area contributed by atoms with Crippen LogP contribution in [-0.2, 0) is 9.59 Å². The Morgan fingerprint density at radius 1 is 1.22 bits per heavy atom. The van der Waals surface area contributed by atoms with Crippen molar-refractivity contribution >= 4 is 11.9 Å². The van der Waals surface area contributed by atoms with Gasteiger partial charge in [-0.25, -0.2) is 0 Å². The minimum atomic E-state index is -0.843. The number of carboxylic acids is 1. The van der Waals surface area contributed by atoms with Crippen molar-refractivity contribution in [2.75, 3.05) is 13.6 Å². The highest BCUT2D eigenvalue weighted by Gasteiger charge is 2.21. The van der Waals surface area contributed by atoms with Crippen molar-refractivity contribution in [1.82, 2.24) is 4.90 Å². The Hall–Kier alpha value is -1.06. The van der Waals surface area contributed by atoms with Crippen molar-refractivity contribution in [2.45, 2.75) is 51.9 Å². The highest BCUT2D eigenvalue weighted by Crippen LogP contribution is 2.25. The molecule has 0 radical (unpaired) electrons. The first-order valence-corrected chi connectivity index (χ1v) is 6.97. The van der Waals surface area contributed by atoms with Crippen LogP contribution in [-0.4, -0.2) is 35.5 Å². The molecule has 1 N–H and O–H groups in total. The molecule has 0 unspecified atom stereocenters. The molecule has 0 bridgehead atoms. The summed E-state index contributed by atoms with van der Waals surface area (Å²) in [7, 11) is 1.71. The van der Waals surface area contributed by atoms with Gasteiger partial charge < -0.3 is 10.0 Å². The lowest BCUT2D eigenvalue weighted by Crippen LogP contribution is -2.34. The molecule has 1 amide bonds. The predicted octanol–water partition coefficient (Wildman–Crippen LogP) is 2.53. The zero-order chi connectivity index (χ0) is 13.5. The van der Waals surface area contributed by atoms with Crippen molar-refractivity contribution in [3.05, 3.63) is 0 Å². The standard InChI is InChI=1S/C14H25NO3/c1-11(14(17)18)10-15(2)13(16)9-12-7-5-3-4-6-8-12/h11-12H,3-10H2,1-2H3,(H,17,18)/t11-/m0/s1. The summed E-state index contributed by atoms with van der Waals surface area (Å²) in [5.74, 6) is -0.741. The second kappa shape index (κ2) is 7.39. The maximum absolute atomic E-state index is 12.0. The van der Waals surface area contributed by atoms with Crippen molar-refractivity contribution in [3.63, 3.8) is 0 Å². The molecule has 0 aromatic rings. The van der Waals surface area contributed by atoms with Crippen LogP contribution in [0.5, 0.6) is 0 Å². The molecule has 1 aliphatic rings. The van der Waals surface area contributed by atoms with Gasteiger partial charge in [0.25, 0.3) is 0 Å². The van der Waals surface area contributed by atoms with Gasteiger partial charge in [-0.1, -0.05) is 32.6 Å². The lowest BCUT2D eigenvalue weighted by Gasteiger charge is -2.22. The van der Waals surface area contributed by atoms with E-state index in [0.29, 0.717) is 18.9 Å². The number of carboxylic acid groups (broad SMARTS) is 1. The van der Waals surface area contributed by atoms with E-state index in [0.717, 1.165) is 12.8 Å². The first kappa shape index (κ1) is 15.0. The average molecular weight is 255 g/mol. The number of hydrogen-bond acceptors (Lipinski definition) is 2. The molecule has 4 heteroatoms. The summed E-state index contributed by atoms with van der Waals surface area (Å²) in [6.45, 7) is 1.94. The van der Waals surface area contributed by atoms with Gasteiger partial charge in [0.15, 0.2) is 0 Å². The molecule has 0 aromatic carbocycles. The molecule has 1 atom stereocenters. The molecule has 1 saturated carbocycles. The minimum Gasteiger partial charge on any atom is -0.481 e. The largest absolute Gasteiger partial charge is 0.481 e. The quantitative estimate of drug-likeness (QED) is 0.768. The predicted molar refractivity (Wildman–Crippen MR) is 70.2 cm³/mol. The number of nitrogens with zero attached hydrogens (tertiary/aromatic N) is 1. The van der Waals surface area contributed by atoms with E-state index in [4.69, 9.17) is 5.11 Å². The van der Waals surface area contributed by atoms with Crippen LogP contribution >= 0.6 is 0 Å². The van der Waals surface area contributed by atoms with Gasteiger partial charge in [-0.2, -0.15) is 0 Å². The maximum Gasteiger partial charge on any atom is 0.308 e. The van der Waals surface area contributed by atoms with E-state index in [-0.39, 0.29) is 5.91 Å². The van der Waals surface area contributed by atoms with Crippen molar-refractivity contribution < 1.29 is 14.7 Å². The van der Waals surface area contributed by atoms with Gasteiger partial charge in [0.05, 0.1) is 5.92 Å². The summed E-state index contributed by atoms with van der Waals surface area (Å²) in [6.07, 6.45) is 7.92. The number of carbonyl (C=O) groups excluding carboxylic acids is 1. The molecule has 0 aliphatic heterocycles. The van der Waals surface area contributed by atoms with Crippen LogP contribution < -0.4 is 0 Å². The van der Waals surface area contributed by atoms with Crippen LogP contribution in [0.2, 0.25) is 0 Å². The molecule has 0 spiro atoms. The van der Waals surface area contributed by atoms with Gasteiger partial charge in [0.1, 0.15) is 0 Å². The Labute approximate surface area is 109 Å². The third kappa shape index (κ3) is 5.07. The molecule has 0 saturated heterocycles. The van der Waals surface area contributed by atoms with Crippen LogP contribution in [0.25, 0.3) is 0 Å². The smallest absolute Gasteiger partial charge is 0.308 e. The summed E-state index contributed by atoms with van der Waals surface area (Å²) in [5.41, 5.74) is 0. The molecule has 104 valence electrons. The molecule has 1 aliphatic carbocycles. The molecular formula is C14H25NO3. The fourth-order valence-electron chi connectivity index (χ4n) is 2.56. The van der Waals surface area contributed by atoms with E-state index in [2.05, 4.69) is 0 Å². The zero-order valence-corrected chi connectivity index (χ0v) is 11.5. The van der Waals surface area contributed by atoms with Gasteiger partial charge in [0.2, 0.25) is 5.91 Å². The fraction of sp³-hybridized carbons (Fsp3) is 0.857. The molecule has 1 fully saturated rings. The van der Waals surface area contributed by atoms with Gasteiger partial charge in [-0.05, 0) is 18.8 Å². The average Bonchev–Trinajstić information content (AvgIpc) is 2.57. The number of aliphatic carboxylic acids is 1. The van der Waals surface area contributed by atoms with Crippen molar-refractivity contribution in [2.24, 2.45) is 11.8 Å². The molecule has 1 rings (SSSR count). The first-order chi connectivity index (χ1) is 8.50. The maximum atomic E-state index is 12.0. The Morgan fingerprint density at radius 2 is 1.78 bits per heavy atom. The summed E-state index contributed by atoms with van der Waals surface area (Å²) in [4.78, 5) is 24.3. The van der Waals surface area contributed by atoms with E-state index >= 15 is 0 Å².